The number of carboxylic acids is 1. The van der Waals surface area contributed by atoms with Crippen LogP contribution in [0.25, 0.3) is 0 Å². The average Bonchev–Trinajstić information content (AvgIpc) is 2.36. The Morgan fingerprint density at radius 3 is 2.11 bits per heavy atom. The van der Waals surface area contributed by atoms with Gasteiger partial charge in [0.25, 0.3) is 0 Å². The van der Waals surface area contributed by atoms with E-state index in [4.69, 9.17) is 16.7 Å². The molecule has 0 saturated heterocycles. The van der Waals surface area contributed by atoms with Crippen LogP contribution in [-0.2, 0) is 11.2 Å². The number of hydrogen-bond acceptors (Lipinski definition) is 2. The number of benzene rings is 1. The standard InChI is InChI=1S/C8H6ClFO2.C6H15N/c9-6-2-1-5(3-7(6)10)4-8(11)12;1-4-7(5-2)6-3/h1-3H,4H2,(H,11,12);4-6H2,1-3H3. The fourth-order valence-electron chi connectivity index (χ4n) is 1.50. The van der Waals surface area contributed by atoms with Crippen LogP contribution in [0.5, 0.6) is 0 Å². The van der Waals surface area contributed by atoms with E-state index in [1.54, 1.807) is 0 Å². The van der Waals surface area contributed by atoms with Gasteiger partial charge in [0.1, 0.15) is 5.82 Å². The second kappa shape index (κ2) is 9.75. The van der Waals surface area contributed by atoms with Crippen LogP contribution in [0.3, 0.4) is 0 Å². The van der Waals surface area contributed by atoms with Crippen LogP contribution in [0.2, 0.25) is 5.02 Å². The summed E-state index contributed by atoms with van der Waals surface area (Å²) >= 11 is 5.39. The summed E-state index contributed by atoms with van der Waals surface area (Å²) in [5.74, 6) is -1.58. The Kier molecular flexibility index (Phi) is 9.17. The minimum atomic E-state index is -0.989. The Morgan fingerprint density at radius 1 is 1.26 bits per heavy atom. The van der Waals surface area contributed by atoms with Crippen molar-refractivity contribution >= 4 is 17.6 Å². The third-order valence-corrected chi connectivity index (χ3v) is 2.99. The topological polar surface area (TPSA) is 40.5 Å². The quantitative estimate of drug-likeness (QED) is 0.902. The number of carbonyl (C=O) groups is 1. The number of rotatable bonds is 5. The van der Waals surface area contributed by atoms with Crippen LogP contribution < -0.4 is 0 Å². The van der Waals surface area contributed by atoms with E-state index >= 15 is 0 Å². The molecule has 5 heteroatoms. The van der Waals surface area contributed by atoms with Crippen molar-refractivity contribution in [2.24, 2.45) is 0 Å². The highest BCUT2D eigenvalue weighted by Gasteiger charge is 2.03. The van der Waals surface area contributed by atoms with Crippen LogP contribution in [0.4, 0.5) is 4.39 Å². The van der Waals surface area contributed by atoms with Crippen molar-refractivity contribution in [3.8, 4) is 0 Å². The molecule has 0 saturated carbocycles. The first-order chi connectivity index (χ1) is 8.94. The molecule has 1 rings (SSSR count). The van der Waals surface area contributed by atoms with E-state index in [1.165, 1.54) is 31.8 Å². The van der Waals surface area contributed by atoms with Gasteiger partial charge in [0, 0.05) is 0 Å². The van der Waals surface area contributed by atoms with Gasteiger partial charge in [-0.25, -0.2) is 4.39 Å². The summed E-state index contributed by atoms with van der Waals surface area (Å²) in [6, 6.07) is 3.95. The largest absolute Gasteiger partial charge is 0.481 e. The second-order valence-electron chi connectivity index (χ2n) is 3.94. The van der Waals surface area contributed by atoms with Crippen molar-refractivity contribution in [1.29, 1.82) is 0 Å². The first kappa shape index (κ1) is 17.9. The van der Waals surface area contributed by atoms with Gasteiger partial charge in [0.15, 0.2) is 0 Å². The minimum Gasteiger partial charge on any atom is -0.481 e. The lowest BCUT2D eigenvalue weighted by Crippen LogP contribution is -2.21. The highest BCUT2D eigenvalue weighted by atomic mass is 35.5. The first-order valence-electron chi connectivity index (χ1n) is 6.32. The maximum Gasteiger partial charge on any atom is 0.307 e. The lowest BCUT2D eigenvalue weighted by atomic mass is 10.1. The summed E-state index contributed by atoms with van der Waals surface area (Å²) in [5, 5.41) is 8.38. The Balaban J connectivity index is 0.000000399. The molecule has 19 heavy (non-hydrogen) atoms. The summed E-state index contributed by atoms with van der Waals surface area (Å²) in [5.41, 5.74) is 0.407. The number of halogens is 2. The van der Waals surface area contributed by atoms with Gasteiger partial charge >= 0.3 is 5.97 Å². The molecule has 0 atom stereocenters. The zero-order valence-corrected chi connectivity index (χ0v) is 12.4. The van der Waals surface area contributed by atoms with Gasteiger partial charge < -0.3 is 10.0 Å². The molecule has 0 bridgehead atoms. The number of nitrogens with zero attached hydrogens (tertiary/aromatic N) is 1. The fraction of sp³-hybridized carbons (Fsp3) is 0.500. The van der Waals surface area contributed by atoms with Crippen molar-refractivity contribution in [3.05, 3.63) is 34.6 Å². The van der Waals surface area contributed by atoms with E-state index < -0.39 is 11.8 Å². The molecule has 0 aliphatic carbocycles. The zero-order valence-electron chi connectivity index (χ0n) is 11.6. The van der Waals surface area contributed by atoms with E-state index in [9.17, 15) is 9.18 Å². The van der Waals surface area contributed by atoms with E-state index in [2.05, 4.69) is 25.7 Å². The molecule has 0 aliphatic rings. The normalized spacial score (nSPS) is 10.0. The van der Waals surface area contributed by atoms with Gasteiger partial charge in [-0.15, -0.1) is 0 Å². The first-order valence-corrected chi connectivity index (χ1v) is 6.70. The molecular weight excluding hydrogens is 269 g/mol. The summed E-state index contributed by atoms with van der Waals surface area (Å²) in [6.45, 7) is 10.1. The number of hydrogen-bond donors (Lipinski definition) is 1. The predicted molar refractivity (Wildman–Crippen MR) is 76.2 cm³/mol. The number of aliphatic carboxylic acids is 1. The zero-order chi connectivity index (χ0) is 14.8. The molecule has 0 heterocycles. The fourth-order valence-corrected chi connectivity index (χ4v) is 1.61. The van der Waals surface area contributed by atoms with E-state index in [0.29, 0.717) is 5.56 Å². The Labute approximate surface area is 119 Å². The molecule has 0 amide bonds. The summed E-state index contributed by atoms with van der Waals surface area (Å²) in [6.07, 6.45) is -0.186. The molecule has 0 unspecified atom stereocenters. The van der Waals surface area contributed by atoms with Crippen molar-refractivity contribution in [1.82, 2.24) is 4.90 Å². The van der Waals surface area contributed by atoms with Crippen molar-refractivity contribution in [2.75, 3.05) is 19.6 Å². The summed E-state index contributed by atoms with van der Waals surface area (Å²) in [7, 11) is 0. The molecular formula is C14H21ClFNO2. The van der Waals surface area contributed by atoms with Crippen LogP contribution in [0.1, 0.15) is 26.3 Å². The Morgan fingerprint density at radius 2 is 1.79 bits per heavy atom. The molecule has 3 nitrogen and oxygen atoms in total. The molecule has 0 aliphatic heterocycles. The van der Waals surface area contributed by atoms with Crippen LogP contribution in [0, 0.1) is 5.82 Å². The SMILES string of the molecule is CCN(CC)CC.O=C(O)Cc1ccc(Cl)c(F)c1. The van der Waals surface area contributed by atoms with Crippen molar-refractivity contribution in [3.63, 3.8) is 0 Å². The van der Waals surface area contributed by atoms with E-state index in [-0.39, 0.29) is 11.4 Å². The smallest absolute Gasteiger partial charge is 0.307 e. The summed E-state index contributed by atoms with van der Waals surface area (Å²) < 4.78 is 12.7. The Bertz CT molecular complexity index is 390. The predicted octanol–water partition coefficient (Wildman–Crippen LogP) is 3.45. The van der Waals surface area contributed by atoms with E-state index in [0.717, 1.165) is 6.07 Å². The van der Waals surface area contributed by atoms with Gasteiger partial charge in [0.2, 0.25) is 0 Å². The van der Waals surface area contributed by atoms with Gasteiger partial charge in [-0.2, -0.15) is 0 Å². The Hall–Kier alpha value is -1.13. The maximum atomic E-state index is 12.7. The second-order valence-corrected chi connectivity index (χ2v) is 4.35. The maximum absolute atomic E-state index is 12.7. The van der Waals surface area contributed by atoms with Gasteiger partial charge in [-0.05, 0) is 37.3 Å². The monoisotopic (exact) mass is 289 g/mol. The third-order valence-electron chi connectivity index (χ3n) is 2.68. The van der Waals surface area contributed by atoms with E-state index in [1.807, 2.05) is 0 Å². The number of carboxylic acid groups (broad SMARTS) is 1. The van der Waals surface area contributed by atoms with Crippen LogP contribution in [-0.4, -0.2) is 35.6 Å². The lowest BCUT2D eigenvalue weighted by molar-refractivity contribution is -0.136. The van der Waals surface area contributed by atoms with Gasteiger partial charge in [-0.3, -0.25) is 4.79 Å². The molecule has 0 spiro atoms. The van der Waals surface area contributed by atoms with Gasteiger partial charge in [-0.1, -0.05) is 38.4 Å². The van der Waals surface area contributed by atoms with Crippen molar-refractivity contribution < 1.29 is 14.3 Å². The molecule has 0 aromatic heterocycles. The highest BCUT2D eigenvalue weighted by Crippen LogP contribution is 2.15. The molecule has 1 aromatic carbocycles. The molecule has 0 fully saturated rings. The third kappa shape index (κ3) is 7.80. The molecule has 1 aromatic rings. The van der Waals surface area contributed by atoms with Gasteiger partial charge in [0.05, 0.1) is 11.4 Å². The van der Waals surface area contributed by atoms with Crippen molar-refractivity contribution in [2.45, 2.75) is 27.2 Å². The summed E-state index contributed by atoms with van der Waals surface area (Å²) in [4.78, 5) is 12.6. The highest BCUT2D eigenvalue weighted by molar-refractivity contribution is 6.30. The lowest BCUT2D eigenvalue weighted by Gasteiger charge is -2.13. The molecule has 1 N–H and O–H groups in total. The minimum absolute atomic E-state index is 0.00383. The average molecular weight is 290 g/mol. The molecule has 108 valence electrons. The van der Waals surface area contributed by atoms with Crippen LogP contribution in [0.15, 0.2) is 18.2 Å². The molecule has 0 radical (unpaired) electrons. The van der Waals surface area contributed by atoms with Crippen LogP contribution >= 0.6 is 11.6 Å².